The van der Waals surface area contributed by atoms with E-state index in [1.807, 2.05) is 30.5 Å². The number of hydrogen-bond donors (Lipinski definition) is 3. The molecule has 3 aromatic rings. The number of nitrogens with one attached hydrogen (secondary N) is 3. The molecule has 3 heterocycles. The van der Waals surface area contributed by atoms with Gasteiger partial charge in [0.2, 0.25) is 0 Å². The van der Waals surface area contributed by atoms with Gasteiger partial charge in [0, 0.05) is 23.3 Å². The summed E-state index contributed by atoms with van der Waals surface area (Å²) in [6.07, 6.45) is 7.40. The van der Waals surface area contributed by atoms with Gasteiger partial charge in [0.05, 0.1) is 0 Å². The molecule has 0 saturated carbocycles. The molecular formula is C15H16N4O. The molecule has 0 fully saturated rings. The first-order valence-corrected chi connectivity index (χ1v) is 6.57. The van der Waals surface area contributed by atoms with Crippen molar-refractivity contribution in [2.75, 3.05) is 0 Å². The fourth-order valence-electron chi connectivity index (χ4n) is 2.19. The van der Waals surface area contributed by atoms with Crippen LogP contribution in [-0.4, -0.2) is 19.9 Å². The SMILES string of the molecule is CC(C)/C=c1/[nH]c(=O)/c(=C/c2c[nH]c3ncccc23)[nH]1. The van der Waals surface area contributed by atoms with Crippen molar-refractivity contribution in [1.82, 2.24) is 19.9 Å². The smallest absolute Gasteiger partial charge is 0.273 e. The van der Waals surface area contributed by atoms with Crippen molar-refractivity contribution in [3.05, 3.63) is 51.3 Å². The first-order valence-electron chi connectivity index (χ1n) is 6.57. The molecule has 0 atom stereocenters. The lowest BCUT2D eigenvalue weighted by atomic mass is 10.2. The van der Waals surface area contributed by atoms with Crippen molar-refractivity contribution in [1.29, 1.82) is 0 Å². The second-order valence-electron chi connectivity index (χ2n) is 5.11. The summed E-state index contributed by atoms with van der Waals surface area (Å²) in [6.45, 7) is 4.13. The van der Waals surface area contributed by atoms with E-state index in [4.69, 9.17) is 0 Å². The molecule has 0 aliphatic heterocycles. The van der Waals surface area contributed by atoms with E-state index in [1.54, 1.807) is 6.20 Å². The van der Waals surface area contributed by atoms with E-state index < -0.39 is 0 Å². The highest BCUT2D eigenvalue weighted by molar-refractivity contribution is 5.85. The summed E-state index contributed by atoms with van der Waals surface area (Å²) in [4.78, 5) is 25.2. The van der Waals surface area contributed by atoms with Crippen molar-refractivity contribution < 1.29 is 0 Å². The summed E-state index contributed by atoms with van der Waals surface area (Å²) in [7, 11) is 0. The molecular weight excluding hydrogens is 252 g/mol. The number of nitrogens with zero attached hydrogens (tertiary/aromatic N) is 1. The molecule has 0 unspecified atom stereocenters. The number of H-pyrrole nitrogens is 3. The maximum absolute atomic E-state index is 11.9. The van der Waals surface area contributed by atoms with Crippen LogP contribution in [0.25, 0.3) is 23.2 Å². The van der Waals surface area contributed by atoms with E-state index in [1.165, 1.54) is 0 Å². The van der Waals surface area contributed by atoms with Crippen LogP contribution in [-0.2, 0) is 0 Å². The van der Waals surface area contributed by atoms with E-state index in [-0.39, 0.29) is 5.56 Å². The maximum atomic E-state index is 11.9. The minimum atomic E-state index is -0.116. The zero-order valence-electron chi connectivity index (χ0n) is 11.4. The van der Waals surface area contributed by atoms with Crippen LogP contribution in [0.4, 0.5) is 0 Å². The van der Waals surface area contributed by atoms with E-state index in [9.17, 15) is 4.79 Å². The van der Waals surface area contributed by atoms with Crippen LogP contribution >= 0.6 is 0 Å². The highest BCUT2D eigenvalue weighted by atomic mass is 16.1. The van der Waals surface area contributed by atoms with Gasteiger partial charge in [0.15, 0.2) is 0 Å². The third kappa shape index (κ3) is 2.30. The van der Waals surface area contributed by atoms with Gasteiger partial charge in [-0.1, -0.05) is 13.8 Å². The van der Waals surface area contributed by atoms with Crippen molar-refractivity contribution in [3.8, 4) is 0 Å². The number of fused-ring (bicyclic) bond motifs is 1. The number of aromatic nitrogens is 4. The summed E-state index contributed by atoms with van der Waals surface area (Å²) in [5.41, 5.74) is 2.39. The van der Waals surface area contributed by atoms with Gasteiger partial charge in [-0.15, -0.1) is 0 Å². The summed E-state index contributed by atoms with van der Waals surface area (Å²) < 4.78 is 0. The third-order valence-corrected chi connectivity index (χ3v) is 3.05. The molecule has 0 amide bonds. The molecule has 5 heteroatoms. The molecule has 0 bridgehead atoms. The van der Waals surface area contributed by atoms with E-state index in [2.05, 4.69) is 33.8 Å². The second-order valence-corrected chi connectivity index (χ2v) is 5.11. The standard InChI is InChI=1S/C15H16N4O/c1-9(2)6-13-18-12(15(20)19-13)7-10-8-17-14-11(10)4-3-5-16-14/h3-9,18H,1-2H3,(H,16,17)(H,19,20)/b12-7-,13-6+. The van der Waals surface area contributed by atoms with Crippen LogP contribution in [0.15, 0.2) is 29.3 Å². The van der Waals surface area contributed by atoms with Gasteiger partial charge >= 0.3 is 0 Å². The van der Waals surface area contributed by atoms with E-state index in [0.717, 1.165) is 22.1 Å². The zero-order valence-corrected chi connectivity index (χ0v) is 11.4. The molecule has 102 valence electrons. The minimum absolute atomic E-state index is 0.116. The van der Waals surface area contributed by atoms with Crippen molar-refractivity contribution >= 4 is 23.2 Å². The Morgan fingerprint density at radius 2 is 2.15 bits per heavy atom. The Bertz CT molecular complexity index is 911. The quantitative estimate of drug-likeness (QED) is 0.644. The molecule has 3 N–H and O–H groups in total. The van der Waals surface area contributed by atoms with Gasteiger partial charge in [0.25, 0.3) is 5.56 Å². The minimum Gasteiger partial charge on any atom is -0.346 e. The Labute approximate surface area is 115 Å². The first kappa shape index (κ1) is 12.5. The summed E-state index contributed by atoms with van der Waals surface area (Å²) in [6, 6.07) is 3.85. The lowest BCUT2D eigenvalue weighted by molar-refractivity contribution is 0.871. The molecule has 0 radical (unpaired) electrons. The Kier molecular flexibility index (Phi) is 3.02. The molecule has 0 aliphatic rings. The molecule has 5 nitrogen and oxygen atoms in total. The molecule has 20 heavy (non-hydrogen) atoms. The zero-order chi connectivity index (χ0) is 14.1. The van der Waals surface area contributed by atoms with Crippen LogP contribution in [0.3, 0.4) is 0 Å². The largest absolute Gasteiger partial charge is 0.346 e. The normalized spacial score (nSPS) is 13.8. The van der Waals surface area contributed by atoms with Crippen LogP contribution < -0.4 is 16.4 Å². The van der Waals surface area contributed by atoms with Gasteiger partial charge in [-0.25, -0.2) is 4.98 Å². The first-order chi connectivity index (χ1) is 9.63. The van der Waals surface area contributed by atoms with Crippen molar-refractivity contribution in [2.24, 2.45) is 5.92 Å². The molecule has 0 spiro atoms. The number of hydrogen-bond acceptors (Lipinski definition) is 2. The Morgan fingerprint density at radius 1 is 1.30 bits per heavy atom. The van der Waals surface area contributed by atoms with Crippen LogP contribution in [0, 0.1) is 5.92 Å². The summed E-state index contributed by atoms with van der Waals surface area (Å²) >= 11 is 0. The van der Waals surface area contributed by atoms with Gasteiger partial charge in [-0.3, -0.25) is 4.79 Å². The number of imidazole rings is 1. The highest BCUT2D eigenvalue weighted by Gasteiger charge is 2.02. The van der Waals surface area contributed by atoms with Crippen LogP contribution in [0.2, 0.25) is 0 Å². The lowest BCUT2D eigenvalue weighted by Gasteiger charge is -1.89. The van der Waals surface area contributed by atoms with Crippen molar-refractivity contribution in [3.63, 3.8) is 0 Å². The molecule has 3 rings (SSSR count). The molecule has 3 aromatic heterocycles. The van der Waals surface area contributed by atoms with E-state index >= 15 is 0 Å². The third-order valence-electron chi connectivity index (χ3n) is 3.05. The summed E-state index contributed by atoms with van der Waals surface area (Å²) in [5.74, 6) is 0.370. The van der Waals surface area contributed by atoms with Crippen LogP contribution in [0.5, 0.6) is 0 Å². The van der Waals surface area contributed by atoms with E-state index in [0.29, 0.717) is 11.3 Å². The Hall–Kier alpha value is -2.56. The van der Waals surface area contributed by atoms with Crippen molar-refractivity contribution in [2.45, 2.75) is 13.8 Å². The van der Waals surface area contributed by atoms with Gasteiger partial charge in [-0.05, 0) is 30.2 Å². The van der Waals surface area contributed by atoms with Gasteiger partial charge < -0.3 is 15.0 Å². The van der Waals surface area contributed by atoms with Gasteiger partial charge in [-0.2, -0.15) is 0 Å². The monoisotopic (exact) mass is 268 g/mol. The molecule has 0 aliphatic carbocycles. The number of aromatic amines is 3. The molecule has 0 saturated heterocycles. The number of rotatable bonds is 2. The average molecular weight is 268 g/mol. The average Bonchev–Trinajstić information content (AvgIpc) is 2.95. The summed E-state index contributed by atoms with van der Waals surface area (Å²) in [5, 5.41) is 1.54. The lowest BCUT2D eigenvalue weighted by Crippen LogP contribution is -2.22. The second kappa shape index (κ2) is 4.85. The number of pyridine rings is 1. The topological polar surface area (TPSA) is 77.3 Å². The highest BCUT2D eigenvalue weighted by Crippen LogP contribution is 2.15. The Balaban J connectivity index is 2.18. The fourth-order valence-corrected chi connectivity index (χ4v) is 2.19. The maximum Gasteiger partial charge on any atom is 0.273 e. The van der Waals surface area contributed by atoms with Gasteiger partial charge in [0.1, 0.15) is 16.5 Å². The Morgan fingerprint density at radius 3 is 2.95 bits per heavy atom. The molecule has 0 aromatic carbocycles. The fraction of sp³-hybridized carbons (Fsp3) is 0.200. The predicted molar refractivity (Wildman–Crippen MR) is 79.6 cm³/mol. The van der Waals surface area contributed by atoms with Crippen LogP contribution in [0.1, 0.15) is 19.4 Å². The predicted octanol–water partition coefficient (Wildman–Crippen LogP) is 0.845.